The van der Waals surface area contributed by atoms with Crippen LogP contribution in [0.15, 0.2) is 54.6 Å². The Kier molecular flexibility index (Phi) is 4.60. The van der Waals surface area contributed by atoms with Crippen molar-refractivity contribution in [2.45, 2.75) is 18.4 Å². The number of carboxylic acids is 1. The van der Waals surface area contributed by atoms with E-state index in [1.165, 1.54) is 0 Å². The molecule has 0 aliphatic rings. The van der Waals surface area contributed by atoms with E-state index in [1.807, 2.05) is 18.2 Å². The number of carbonyl (C=O) groups is 1. The predicted molar refractivity (Wildman–Crippen MR) is 79.4 cm³/mol. The van der Waals surface area contributed by atoms with Gasteiger partial charge in [-0.15, -0.1) is 0 Å². The molecule has 0 bridgehead atoms. The van der Waals surface area contributed by atoms with E-state index in [2.05, 4.69) is 0 Å². The molecule has 4 nitrogen and oxygen atoms in total. The number of methoxy groups -OCH3 is 1. The summed E-state index contributed by atoms with van der Waals surface area (Å²) in [6, 6.07) is 16.2. The molecule has 2 aromatic rings. The van der Waals surface area contributed by atoms with Crippen molar-refractivity contribution >= 4 is 5.97 Å². The molecule has 0 fully saturated rings. The molecule has 0 aromatic heterocycles. The first-order valence-electron chi connectivity index (χ1n) is 6.66. The highest BCUT2D eigenvalue weighted by molar-refractivity contribution is 5.78. The van der Waals surface area contributed by atoms with Crippen LogP contribution in [0.5, 0.6) is 5.75 Å². The van der Waals surface area contributed by atoms with Gasteiger partial charge in [-0.1, -0.05) is 42.5 Å². The summed E-state index contributed by atoms with van der Waals surface area (Å²) in [5.74, 6) is -0.589. The normalized spacial score (nSPS) is 13.4. The summed E-state index contributed by atoms with van der Waals surface area (Å²) >= 11 is 0. The first-order valence-corrected chi connectivity index (χ1v) is 6.66. The van der Waals surface area contributed by atoms with Crippen LogP contribution >= 0.6 is 0 Å². The van der Waals surface area contributed by atoms with Gasteiger partial charge in [0.25, 0.3) is 0 Å². The fraction of sp³-hybridized carbons (Fsp3) is 0.235. The standard InChI is InChI=1S/C17H18O4/c1-21-15-9-5-8-14(10-15)12-17(20,16(18)19)11-13-6-3-2-4-7-13/h2-10,20H,11-12H2,1H3,(H,18,19)/t17-/m1/s1. The highest BCUT2D eigenvalue weighted by Gasteiger charge is 2.36. The molecule has 21 heavy (non-hydrogen) atoms. The van der Waals surface area contributed by atoms with Crippen molar-refractivity contribution in [1.29, 1.82) is 0 Å². The van der Waals surface area contributed by atoms with Crippen molar-refractivity contribution in [3.63, 3.8) is 0 Å². The number of aliphatic hydroxyl groups is 1. The van der Waals surface area contributed by atoms with Gasteiger partial charge >= 0.3 is 5.97 Å². The molecule has 0 saturated carbocycles. The fourth-order valence-corrected chi connectivity index (χ4v) is 2.27. The molecule has 0 unspecified atom stereocenters. The van der Waals surface area contributed by atoms with Crippen molar-refractivity contribution in [3.05, 3.63) is 65.7 Å². The van der Waals surface area contributed by atoms with E-state index >= 15 is 0 Å². The summed E-state index contributed by atoms with van der Waals surface area (Å²) in [4.78, 5) is 11.5. The van der Waals surface area contributed by atoms with E-state index in [1.54, 1.807) is 43.5 Å². The molecule has 0 radical (unpaired) electrons. The van der Waals surface area contributed by atoms with E-state index in [0.717, 1.165) is 11.1 Å². The monoisotopic (exact) mass is 286 g/mol. The number of carboxylic acid groups (broad SMARTS) is 1. The number of ether oxygens (including phenoxy) is 1. The topological polar surface area (TPSA) is 66.8 Å². The quantitative estimate of drug-likeness (QED) is 0.855. The minimum absolute atomic E-state index is 0.0222. The Morgan fingerprint density at radius 2 is 1.67 bits per heavy atom. The molecule has 0 amide bonds. The van der Waals surface area contributed by atoms with Crippen molar-refractivity contribution in [1.82, 2.24) is 0 Å². The van der Waals surface area contributed by atoms with E-state index in [0.29, 0.717) is 5.75 Å². The van der Waals surface area contributed by atoms with Gasteiger partial charge in [0.2, 0.25) is 0 Å². The van der Waals surface area contributed by atoms with Crippen LogP contribution in [-0.4, -0.2) is 28.9 Å². The van der Waals surface area contributed by atoms with Gasteiger partial charge in [-0.3, -0.25) is 0 Å². The summed E-state index contributed by atoms with van der Waals surface area (Å²) in [6.45, 7) is 0. The highest BCUT2D eigenvalue weighted by atomic mass is 16.5. The Labute approximate surface area is 123 Å². The Morgan fingerprint density at radius 3 is 2.29 bits per heavy atom. The molecule has 1 atom stereocenters. The first-order chi connectivity index (χ1) is 10.0. The van der Waals surface area contributed by atoms with Crippen LogP contribution in [0.2, 0.25) is 0 Å². The average Bonchev–Trinajstić information content (AvgIpc) is 2.48. The summed E-state index contributed by atoms with van der Waals surface area (Å²) < 4.78 is 5.12. The van der Waals surface area contributed by atoms with Gasteiger partial charge in [0, 0.05) is 12.8 Å². The van der Waals surface area contributed by atoms with Gasteiger partial charge in [0.05, 0.1) is 7.11 Å². The van der Waals surface area contributed by atoms with Gasteiger partial charge in [-0.05, 0) is 23.3 Å². The van der Waals surface area contributed by atoms with Gasteiger partial charge in [0.15, 0.2) is 5.60 Å². The smallest absolute Gasteiger partial charge is 0.336 e. The van der Waals surface area contributed by atoms with E-state index in [4.69, 9.17) is 4.74 Å². The highest BCUT2D eigenvalue weighted by Crippen LogP contribution is 2.22. The number of rotatable bonds is 6. The Morgan fingerprint density at radius 1 is 1.05 bits per heavy atom. The average molecular weight is 286 g/mol. The lowest BCUT2D eigenvalue weighted by molar-refractivity contribution is -0.158. The van der Waals surface area contributed by atoms with E-state index < -0.39 is 11.6 Å². The molecule has 0 saturated heterocycles. The van der Waals surface area contributed by atoms with Crippen molar-refractivity contribution < 1.29 is 19.7 Å². The first kappa shape index (κ1) is 15.1. The number of hydrogen-bond donors (Lipinski definition) is 2. The SMILES string of the molecule is COc1cccc(C[C@](O)(Cc2ccccc2)C(=O)O)c1. The molecule has 0 heterocycles. The van der Waals surface area contributed by atoms with Crippen molar-refractivity contribution in [2.75, 3.05) is 7.11 Å². The van der Waals surface area contributed by atoms with Crippen LogP contribution < -0.4 is 4.74 Å². The van der Waals surface area contributed by atoms with Crippen LogP contribution in [0.1, 0.15) is 11.1 Å². The summed E-state index contributed by atoms with van der Waals surface area (Å²) in [6.07, 6.45) is 0.0782. The third kappa shape index (κ3) is 3.83. The molecule has 2 N–H and O–H groups in total. The maximum absolute atomic E-state index is 11.5. The van der Waals surface area contributed by atoms with Gasteiger partial charge in [-0.25, -0.2) is 4.79 Å². The van der Waals surface area contributed by atoms with Crippen LogP contribution in [0.4, 0.5) is 0 Å². The van der Waals surface area contributed by atoms with Crippen LogP contribution in [-0.2, 0) is 17.6 Å². The molecule has 0 spiro atoms. The predicted octanol–water partition coefficient (Wildman–Crippen LogP) is 2.30. The zero-order chi connectivity index (χ0) is 15.3. The molecule has 2 rings (SSSR count). The van der Waals surface area contributed by atoms with Gasteiger partial charge in [0.1, 0.15) is 5.75 Å². The maximum atomic E-state index is 11.5. The Bertz CT molecular complexity index is 609. The molecule has 2 aromatic carbocycles. The van der Waals surface area contributed by atoms with Gasteiger partial charge < -0.3 is 14.9 Å². The van der Waals surface area contributed by atoms with Crippen molar-refractivity contribution in [3.8, 4) is 5.75 Å². The largest absolute Gasteiger partial charge is 0.497 e. The minimum atomic E-state index is -1.84. The van der Waals surface area contributed by atoms with Crippen LogP contribution in [0.25, 0.3) is 0 Å². The second-order valence-corrected chi connectivity index (χ2v) is 5.03. The lowest BCUT2D eigenvalue weighted by Gasteiger charge is -2.24. The summed E-state index contributed by atoms with van der Waals surface area (Å²) in [7, 11) is 1.55. The molecule has 0 aliphatic carbocycles. The summed E-state index contributed by atoms with van der Waals surface area (Å²) in [5, 5.41) is 19.9. The summed E-state index contributed by atoms with van der Waals surface area (Å²) in [5.41, 5.74) is -0.339. The lowest BCUT2D eigenvalue weighted by atomic mass is 9.88. The molecule has 4 heteroatoms. The van der Waals surface area contributed by atoms with Crippen LogP contribution in [0, 0.1) is 0 Å². The molecule has 110 valence electrons. The van der Waals surface area contributed by atoms with E-state index in [-0.39, 0.29) is 12.8 Å². The lowest BCUT2D eigenvalue weighted by Crippen LogP contribution is -2.43. The van der Waals surface area contributed by atoms with Crippen molar-refractivity contribution in [2.24, 2.45) is 0 Å². The molecule has 0 aliphatic heterocycles. The number of aliphatic carboxylic acids is 1. The van der Waals surface area contributed by atoms with Crippen LogP contribution in [0.3, 0.4) is 0 Å². The van der Waals surface area contributed by atoms with Gasteiger partial charge in [-0.2, -0.15) is 0 Å². The molecular weight excluding hydrogens is 268 g/mol. The minimum Gasteiger partial charge on any atom is -0.497 e. The Balaban J connectivity index is 2.23. The second-order valence-electron chi connectivity index (χ2n) is 5.03. The zero-order valence-corrected chi connectivity index (χ0v) is 11.8. The van der Waals surface area contributed by atoms with E-state index in [9.17, 15) is 15.0 Å². The fourth-order valence-electron chi connectivity index (χ4n) is 2.27. The maximum Gasteiger partial charge on any atom is 0.336 e. The zero-order valence-electron chi connectivity index (χ0n) is 11.8. The third-order valence-corrected chi connectivity index (χ3v) is 3.37. The second kappa shape index (κ2) is 6.41. The number of hydrogen-bond acceptors (Lipinski definition) is 3. The molecular formula is C17H18O4. The third-order valence-electron chi connectivity index (χ3n) is 3.37. The number of benzene rings is 2. The Hall–Kier alpha value is -2.33.